The topological polar surface area (TPSA) is 40.5 Å². The van der Waals surface area contributed by atoms with Gasteiger partial charge in [0, 0.05) is 6.54 Å². The number of hydrogen-bond acceptors (Lipinski definition) is 2. The number of carbonyl (C=O) groups is 1. The van der Waals surface area contributed by atoms with Crippen molar-refractivity contribution in [3.63, 3.8) is 0 Å². The molecule has 1 aliphatic rings. The highest BCUT2D eigenvalue weighted by Crippen LogP contribution is 2.21. The zero-order valence-corrected chi connectivity index (χ0v) is 11.6. The molecule has 0 aliphatic carbocycles. The molecular formula is C16H23NO2. The second kappa shape index (κ2) is 6.71. The minimum absolute atomic E-state index is 0.405. The highest BCUT2D eigenvalue weighted by molar-refractivity contribution is 5.76. The molecule has 0 saturated carbocycles. The zero-order chi connectivity index (χ0) is 13.7. The van der Waals surface area contributed by atoms with E-state index in [2.05, 4.69) is 4.90 Å². The first kappa shape index (κ1) is 14.1. The molecule has 1 atom stereocenters. The summed E-state index contributed by atoms with van der Waals surface area (Å²) in [6, 6.07) is 7.89. The number of hydrogen-bond donors (Lipinski definition) is 1. The Morgan fingerprint density at radius 1 is 1.26 bits per heavy atom. The van der Waals surface area contributed by atoms with Gasteiger partial charge < -0.3 is 10.0 Å². The van der Waals surface area contributed by atoms with Gasteiger partial charge in [-0.1, -0.05) is 42.7 Å². The first-order valence-electron chi connectivity index (χ1n) is 7.18. The number of carboxylic acid groups (broad SMARTS) is 1. The molecule has 1 aliphatic heterocycles. The van der Waals surface area contributed by atoms with Crippen LogP contribution < -0.4 is 0 Å². The number of carboxylic acids is 1. The average Bonchev–Trinajstić information content (AvgIpc) is 2.64. The van der Waals surface area contributed by atoms with E-state index in [1.165, 1.54) is 25.7 Å². The van der Waals surface area contributed by atoms with Crippen LogP contribution in [0.2, 0.25) is 0 Å². The maximum Gasteiger partial charge on any atom is 0.312 e. The number of aryl methyl sites for hydroxylation is 1. The molecule has 1 fully saturated rings. The Labute approximate surface area is 115 Å². The van der Waals surface area contributed by atoms with Crippen LogP contribution in [0.5, 0.6) is 0 Å². The van der Waals surface area contributed by atoms with Crippen molar-refractivity contribution < 1.29 is 9.90 Å². The van der Waals surface area contributed by atoms with Gasteiger partial charge in [0.1, 0.15) is 0 Å². The summed E-state index contributed by atoms with van der Waals surface area (Å²) in [4.78, 5) is 13.9. The van der Waals surface area contributed by atoms with Crippen LogP contribution in [0.3, 0.4) is 0 Å². The van der Waals surface area contributed by atoms with Crippen LogP contribution in [-0.4, -0.2) is 35.6 Å². The Hall–Kier alpha value is -1.35. The standard InChI is InChI=1S/C16H23NO2/c1-13-7-6-8-14(11-13)15(16(18)19)12-17-9-4-2-3-5-10-17/h6-8,11,15H,2-5,9-10,12H2,1H3,(H,18,19). The third-order valence-electron chi connectivity index (χ3n) is 3.88. The molecule has 0 aromatic heterocycles. The predicted molar refractivity (Wildman–Crippen MR) is 76.5 cm³/mol. The molecule has 0 spiro atoms. The Morgan fingerprint density at radius 3 is 2.53 bits per heavy atom. The molecule has 19 heavy (non-hydrogen) atoms. The normalized spacial score (nSPS) is 18.8. The quantitative estimate of drug-likeness (QED) is 0.905. The lowest BCUT2D eigenvalue weighted by Gasteiger charge is -2.24. The summed E-state index contributed by atoms with van der Waals surface area (Å²) in [5.41, 5.74) is 2.05. The summed E-state index contributed by atoms with van der Waals surface area (Å²) in [5.74, 6) is -1.12. The van der Waals surface area contributed by atoms with E-state index in [0.29, 0.717) is 6.54 Å². The van der Waals surface area contributed by atoms with Crippen LogP contribution in [0.25, 0.3) is 0 Å². The summed E-state index contributed by atoms with van der Waals surface area (Å²) < 4.78 is 0. The van der Waals surface area contributed by atoms with Crippen LogP contribution in [0.15, 0.2) is 24.3 Å². The van der Waals surface area contributed by atoms with Crippen molar-refractivity contribution in [1.29, 1.82) is 0 Å². The van der Waals surface area contributed by atoms with Crippen molar-refractivity contribution in [2.75, 3.05) is 19.6 Å². The molecule has 1 aromatic rings. The third-order valence-corrected chi connectivity index (χ3v) is 3.88. The van der Waals surface area contributed by atoms with Crippen LogP contribution in [0, 0.1) is 6.92 Å². The number of rotatable bonds is 4. The van der Waals surface area contributed by atoms with E-state index >= 15 is 0 Å². The molecule has 104 valence electrons. The van der Waals surface area contributed by atoms with Gasteiger partial charge in [0.2, 0.25) is 0 Å². The lowest BCUT2D eigenvalue weighted by molar-refractivity contribution is -0.139. The van der Waals surface area contributed by atoms with Gasteiger partial charge in [-0.15, -0.1) is 0 Å². The number of nitrogens with zero attached hydrogens (tertiary/aromatic N) is 1. The summed E-state index contributed by atoms with van der Waals surface area (Å²) in [5, 5.41) is 9.49. The van der Waals surface area contributed by atoms with Gasteiger partial charge in [0.15, 0.2) is 0 Å². The minimum atomic E-state index is -0.713. The van der Waals surface area contributed by atoms with Crippen molar-refractivity contribution in [2.24, 2.45) is 0 Å². The molecule has 1 saturated heterocycles. The molecule has 0 amide bonds. The fourth-order valence-electron chi connectivity index (χ4n) is 2.79. The zero-order valence-electron chi connectivity index (χ0n) is 11.6. The number of benzene rings is 1. The highest BCUT2D eigenvalue weighted by atomic mass is 16.4. The third kappa shape index (κ3) is 4.06. The maximum absolute atomic E-state index is 11.5. The van der Waals surface area contributed by atoms with E-state index in [-0.39, 0.29) is 0 Å². The van der Waals surface area contributed by atoms with Gasteiger partial charge in [-0.25, -0.2) is 0 Å². The lowest BCUT2D eigenvalue weighted by Crippen LogP contribution is -2.32. The maximum atomic E-state index is 11.5. The fraction of sp³-hybridized carbons (Fsp3) is 0.562. The molecule has 0 radical (unpaired) electrons. The first-order valence-corrected chi connectivity index (χ1v) is 7.18. The highest BCUT2D eigenvalue weighted by Gasteiger charge is 2.23. The second-order valence-electron chi connectivity index (χ2n) is 5.52. The fourth-order valence-corrected chi connectivity index (χ4v) is 2.79. The smallest absolute Gasteiger partial charge is 0.312 e. The van der Waals surface area contributed by atoms with Gasteiger partial charge in [-0.2, -0.15) is 0 Å². The van der Waals surface area contributed by atoms with Crippen molar-refractivity contribution in [1.82, 2.24) is 4.90 Å². The SMILES string of the molecule is Cc1cccc(C(CN2CCCCCC2)C(=O)O)c1. The van der Waals surface area contributed by atoms with Crippen molar-refractivity contribution >= 4 is 5.97 Å². The van der Waals surface area contributed by atoms with Crippen LogP contribution in [0.4, 0.5) is 0 Å². The Kier molecular flexibility index (Phi) is 4.97. The minimum Gasteiger partial charge on any atom is -0.481 e. The molecule has 1 N–H and O–H groups in total. The van der Waals surface area contributed by atoms with Gasteiger partial charge in [-0.3, -0.25) is 4.79 Å². The molecule has 3 nitrogen and oxygen atoms in total. The Morgan fingerprint density at radius 2 is 1.95 bits per heavy atom. The van der Waals surface area contributed by atoms with Crippen LogP contribution in [0.1, 0.15) is 42.7 Å². The van der Waals surface area contributed by atoms with Crippen LogP contribution in [-0.2, 0) is 4.79 Å². The van der Waals surface area contributed by atoms with Crippen molar-refractivity contribution in [3.05, 3.63) is 35.4 Å². The average molecular weight is 261 g/mol. The van der Waals surface area contributed by atoms with E-state index < -0.39 is 11.9 Å². The van der Waals surface area contributed by atoms with Gasteiger partial charge in [-0.05, 0) is 38.4 Å². The molecule has 1 heterocycles. The summed E-state index contributed by atoms with van der Waals surface area (Å²) >= 11 is 0. The molecule has 3 heteroatoms. The van der Waals surface area contributed by atoms with Crippen molar-refractivity contribution in [2.45, 2.75) is 38.5 Å². The largest absolute Gasteiger partial charge is 0.481 e. The van der Waals surface area contributed by atoms with Gasteiger partial charge >= 0.3 is 5.97 Å². The molecular weight excluding hydrogens is 238 g/mol. The predicted octanol–water partition coefficient (Wildman–Crippen LogP) is 3.04. The summed E-state index contributed by atoms with van der Waals surface area (Å²) in [6.07, 6.45) is 4.94. The first-order chi connectivity index (χ1) is 9.16. The number of likely N-dealkylation sites (tertiary alicyclic amines) is 1. The number of aliphatic carboxylic acids is 1. The van der Waals surface area contributed by atoms with Crippen LogP contribution >= 0.6 is 0 Å². The van der Waals surface area contributed by atoms with E-state index in [4.69, 9.17) is 0 Å². The molecule has 2 rings (SSSR count). The van der Waals surface area contributed by atoms with E-state index in [0.717, 1.165) is 24.2 Å². The monoisotopic (exact) mass is 261 g/mol. The van der Waals surface area contributed by atoms with E-state index in [1.807, 2.05) is 31.2 Å². The van der Waals surface area contributed by atoms with Crippen molar-refractivity contribution in [3.8, 4) is 0 Å². The van der Waals surface area contributed by atoms with E-state index in [9.17, 15) is 9.90 Å². The molecule has 1 unspecified atom stereocenters. The molecule has 1 aromatic carbocycles. The molecule has 0 bridgehead atoms. The second-order valence-corrected chi connectivity index (χ2v) is 5.52. The van der Waals surface area contributed by atoms with E-state index in [1.54, 1.807) is 0 Å². The van der Waals surface area contributed by atoms with Gasteiger partial charge in [0.25, 0.3) is 0 Å². The lowest BCUT2D eigenvalue weighted by atomic mass is 9.97. The Balaban J connectivity index is 2.09. The summed E-state index contributed by atoms with van der Waals surface area (Å²) in [6.45, 7) is 4.72. The van der Waals surface area contributed by atoms with Gasteiger partial charge in [0.05, 0.1) is 5.92 Å². The Bertz CT molecular complexity index is 423. The summed E-state index contributed by atoms with van der Waals surface area (Å²) in [7, 11) is 0.